The van der Waals surface area contributed by atoms with Gasteiger partial charge in [-0.1, -0.05) is 24.3 Å². The van der Waals surface area contributed by atoms with Gasteiger partial charge in [-0.3, -0.25) is 14.5 Å². The van der Waals surface area contributed by atoms with Crippen LogP contribution in [0.1, 0.15) is 38.3 Å². The molecule has 5 nitrogen and oxygen atoms in total. The van der Waals surface area contributed by atoms with E-state index in [1.54, 1.807) is 42.5 Å². The van der Waals surface area contributed by atoms with Crippen LogP contribution in [0.15, 0.2) is 42.5 Å². The van der Waals surface area contributed by atoms with Gasteiger partial charge in [0.2, 0.25) is 0 Å². The number of morpholine rings is 1. The number of fused-ring (bicyclic) bond motifs is 2. The van der Waals surface area contributed by atoms with Crippen LogP contribution in [0.5, 0.6) is 5.75 Å². The van der Waals surface area contributed by atoms with Crippen LogP contribution in [0, 0.1) is 0 Å². The van der Waals surface area contributed by atoms with Crippen LogP contribution in [0.25, 0.3) is 0 Å². The van der Waals surface area contributed by atoms with E-state index in [4.69, 9.17) is 9.47 Å². The third-order valence-electron chi connectivity index (χ3n) is 4.89. The summed E-state index contributed by atoms with van der Waals surface area (Å²) in [7, 11) is 0. The molecule has 1 saturated heterocycles. The van der Waals surface area contributed by atoms with Crippen LogP contribution in [0.2, 0.25) is 0 Å². The third kappa shape index (κ3) is 3.28. The second kappa shape index (κ2) is 7.40. The summed E-state index contributed by atoms with van der Waals surface area (Å²) in [6, 6.07) is 12.1. The van der Waals surface area contributed by atoms with Gasteiger partial charge in [0, 0.05) is 41.9 Å². The molecule has 1 heterocycles. The summed E-state index contributed by atoms with van der Waals surface area (Å²) in [5.74, 6) is 0.411. The molecule has 2 aliphatic rings. The first-order chi connectivity index (χ1) is 12.7. The monoisotopic (exact) mass is 351 g/mol. The summed E-state index contributed by atoms with van der Waals surface area (Å²) in [5, 5.41) is 0. The largest absolute Gasteiger partial charge is 0.494 e. The second-order valence-electron chi connectivity index (χ2n) is 6.57. The number of ketones is 2. The first-order valence-corrected chi connectivity index (χ1v) is 8.99. The third-order valence-corrected chi connectivity index (χ3v) is 4.89. The maximum Gasteiger partial charge on any atom is 0.194 e. The van der Waals surface area contributed by atoms with Crippen molar-refractivity contribution < 1.29 is 19.1 Å². The predicted octanol–water partition coefficient (Wildman–Crippen LogP) is 2.56. The normalized spacial score (nSPS) is 16.9. The van der Waals surface area contributed by atoms with Crippen molar-refractivity contribution in [3.05, 3.63) is 64.7 Å². The van der Waals surface area contributed by atoms with Crippen molar-refractivity contribution in [1.82, 2.24) is 4.90 Å². The van der Waals surface area contributed by atoms with Gasteiger partial charge in [-0.15, -0.1) is 0 Å². The van der Waals surface area contributed by atoms with E-state index in [1.165, 1.54) is 0 Å². The maximum atomic E-state index is 12.7. The molecule has 2 aromatic rings. The van der Waals surface area contributed by atoms with E-state index >= 15 is 0 Å². The zero-order valence-corrected chi connectivity index (χ0v) is 14.6. The van der Waals surface area contributed by atoms with Crippen molar-refractivity contribution >= 4 is 11.6 Å². The predicted molar refractivity (Wildman–Crippen MR) is 97.1 cm³/mol. The Morgan fingerprint density at radius 1 is 0.885 bits per heavy atom. The van der Waals surface area contributed by atoms with E-state index < -0.39 is 0 Å². The van der Waals surface area contributed by atoms with Gasteiger partial charge in [0.05, 0.1) is 19.8 Å². The molecule has 26 heavy (non-hydrogen) atoms. The van der Waals surface area contributed by atoms with Gasteiger partial charge in [0.25, 0.3) is 0 Å². The molecule has 0 aromatic heterocycles. The molecule has 0 saturated carbocycles. The quantitative estimate of drug-likeness (QED) is 0.661. The van der Waals surface area contributed by atoms with Crippen molar-refractivity contribution in [3.63, 3.8) is 0 Å². The number of hydrogen-bond acceptors (Lipinski definition) is 5. The lowest BCUT2D eigenvalue weighted by Crippen LogP contribution is -2.37. The molecule has 0 spiro atoms. The number of hydrogen-bond donors (Lipinski definition) is 0. The molecule has 0 amide bonds. The molecule has 0 bridgehead atoms. The minimum absolute atomic E-state index is 0.103. The Morgan fingerprint density at radius 2 is 1.54 bits per heavy atom. The highest BCUT2D eigenvalue weighted by molar-refractivity contribution is 6.28. The van der Waals surface area contributed by atoms with Gasteiger partial charge in [-0.05, 0) is 24.6 Å². The molecule has 5 heteroatoms. The van der Waals surface area contributed by atoms with E-state index in [0.29, 0.717) is 34.6 Å². The van der Waals surface area contributed by atoms with Gasteiger partial charge >= 0.3 is 0 Å². The first kappa shape index (κ1) is 16.9. The summed E-state index contributed by atoms with van der Waals surface area (Å²) < 4.78 is 11.2. The van der Waals surface area contributed by atoms with E-state index in [9.17, 15) is 9.59 Å². The van der Waals surface area contributed by atoms with Crippen molar-refractivity contribution in [1.29, 1.82) is 0 Å². The summed E-state index contributed by atoms with van der Waals surface area (Å²) in [4.78, 5) is 27.7. The Hall–Kier alpha value is -2.50. The van der Waals surface area contributed by atoms with Crippen LogP contribution in [0.3, 0.4) is 0 Å². The lowest BCUT2D eigenvalue weighted by Gasteiger charge is -2.26. The highest BCUT2D eigenvalue weighted by Crippen LogP contribution is 2.29. The standard InChI is InChI=1S/C21H21NO4/c23-20-16-4-1-2-5-17(16)21(24)19-14-15(6-7-18(19)20)26-11-3-8-22-9-12-25-13-10-22/h1-2,4-7,14H,3,8-13H2. The topological polar surface area (TPSA) is 55.8 Å². The van der Waals surface area contributed by atoms with Crippen molar-refractivity contribution in [2.24, 2.45) is 0 Å². The molecule has 134 valence electrons. The van der Waals surface area contributed by atoms with Gasteiger partial charge in [0.15, 0.2) is 11.6 Å². The lowest BCUT2D eigenvalue weighted by molar-refractivity contribution is 0.0358. The molecule has 1 aliphatic carbocycles. The molecule has 1 aliphatic heterocycles. The molecular formula is C21H21NO4. The van der Waals surface area contributed by atoms with Crippen molar-refractivity contribution in [2.75, 3.05) is 39.5 Å². The number of ether oxygens (including phenoxy) is 2. The zero-order chi connectivity index (χ0) is 17.9. The van der Waals surface area contributed by atoms with Crippen LogP contribution < -0.4 is 4.74 Å². The Morgan fingerprint density at radius 3 is 2.27 bits per heavy atom. The number of benzene rings is 2. The molecule has 0 atom stereocenters. The maximum absolute atomic E-state index is 12.7. The molecule has 4 rings (SSSR count). The Labute approximate surface area is 152 Å². The highest BCUT2D eigenvalue weighted by atomic mass is 16.5. The molecule has 0 unspecified atom stereocenters. The van der Waals surface area contributed by atoms with E-state index in [0.717, 1.165) is 39.3 Å². The lowest BCUT2D eigenvalue weighted by atomic mass is 9.84. The highest BCUT2D eigenvalue weighted by Gasteiger charge is 2.29. The zero-order valence-electron chi connectivity index (χ0n) is 14.6. The van der Waals surface area contributed by atoms with Crippen molar-refractivity contribution in [3.8, 4) is 5.75 Å². The average Bonchev–Trinajstić information content (AvgIpc) is 2.70. The Kier molecular flexibility index (Phi) is 4.82. The number of carbonyl (C=O) groups excluding carboxylic acids is 2. The first-order valence-electron chi connectivity index (χ1n) is 8.99. The van der Waals surface area contributed by atoms with Crippen LogP contribution in [0.4, 0.5) is 0 Å². The molecule has 0 radical (unpaired) electrons. The Bertz CT molecular complexity index is 840. The fourth-order valence-electron chi connectivity index (χ4n) is 3.47. The molecule has 0 N–H and O–H groups in total. The van der Waals surface area contributed by atoms with Gasteiger partial charge in [-0.25, -0.2) is 0 Å². The van der Waals surface area contributed by atoms with Gasteiger partial charge < -0.3 is 9.47 Å². The summed E-state index contributed by atoms with van der Waals surface area (Å²) in [6.07, 6.45) is 0.910. The minimum Gasteiger partial charge on any atom is -0.494 e. The smallest absolute Gasteiger partial charge is 0.194 e. The van der Waals surface area contributed by atoms with Gasteiger partial charge in [0.1, 0.15) is 5.75 Å². The average molecular weight is 351 g/mol. The number of carbonyl (C=O) groups is 2. The van der Waals surface area contributed by atoms with E-state index in [2.05, 4.69) is 4.90 Å². The van der Waals surface area contributed by atoms with E-state index in [1.807, 2.05) is 0 Å². The fourth-order valence-corrected chi connectivity index (χ4v) is 3.47. The van der Waals surface area contributed by atoms with Gasteiger partial charge in [-0.2, -0.15) is 0 Å². The molecular weight excluding hydrogens is 330 g/mol. The van der Waals surface area contributed by atoms with Crippen LogP contribution >= 0.6 is 0 Å². The summed E-state index contributed by atoms with van der Waals surface area (Å²) in [5.41, 5.74) is 1.83. The second-order valence-corrected chi connectivity index (χ2v) is 6.57. The number of rotatable bonds is 5. The van der Waals surface area contributed by atoms with E-state index in [-0.39, 0.29) is 11.6 Å². The van der Waals surface area contributed by atoms with Crippen LogP contribution in [-0.2, 0) is 4.74 Å². The summed E-state index contributed by atoms with van der Waals surface area (Å²) >= 11 is 0. The van der Waals surface area contributed by atoms with Crippen molar-refractivity contribution in [2.45, 2.75) is 6.42 Å². The summed E-state index contributed by atoms with van der Waals surface area (Å²) in [6.45, 7) is 5.07. The SMILES string of the molecule is O=C1c2ccccc2C(=O)c2cc(OCCCN3CCOCC3)ccc21. The number of nitrogens with zero attached hydrogens (tertiary/aromatic N) is 1. The molecule has 1 fully saturated rings. The van der Waals surface area contributed by atoms with Crippen LogP contribution in [-0.4, -0.2) is 55.9 Å². The molecule has 2 aromatic carbocycles. The Balaban J connectivity index is 1.42. The fraction of sp³-hybridized carbons (Fsp3) is 0.333. The minimum atomic E-state index is -0.117.